The van der Waals surface area contributed by atoms with Crippen LogP contribution in [0.2, 0.25) is 0 Å². The lowest BCUT2D eigenvalue weighted by atomic mass is 9.95. The summed E-state index contributed by atoms with van der Waals surface area (Å²) in [5, 5.41) is 0. The van der Waals surface area contributed by atoms with Gasteiger partial charge in [-0.25, -0.2) is 0 Å². The van der Waals surface area contributed by atoms with Crippen molar-refractivity contribution in [3.8, 4) is 5.75 Å². The lowest BCUT2D eigenvalue weighted by Crippen LogP contribution is -2.01. The van der Waals surface area contributed by atoms with Gasteiger partial charge in [0.05, 0.1) is 0 Å². The summed E-state index contributed by atoms with van der Waals surface area (Å²) in [6.45, 7) is 9.61. The Labute approximate surface area is 141 Å². The first-order valence-electron chi connectivity index (χ1n) is 8.92. The molecule has 0 aliphatic carbocycles. The van der Waals surface area contributed by atoms with Crippen molar-refractivity contribution in [2.45, 2.75) is 59.5 Å². The summed E-state index contributed by atoms with van der Waals surface area (Å²) in [4.78, 5) is 0. The van der Waals surface area contributed by atoms with Crippen LogP contribution in [0.4, 0.5) is 0 Å². The molecule has 0 unspecified atom stereocenters. The molecule has 2 rings (SSSR count). The van der Waals surface area contributed by atoms with Gasteiger partial charge in [-0.2, -0.15) is 0 Å². The second-order valence-electron chi connectivity index (χ2n) is 6.72. The molecule has 0 amide bonds. The molecular formula is C22H30O. The molecule has 0 heterocycles. The van der Waals surface area contributed by atoms with Gasteiger partial charge >= 0.3 is 0 Å². The fraction of sp³-hybridized carbons (Fsp3) is 0.455. The van der Waals surface area contributed by atoms with Crippen molar-refractivity contribution in [1.29, 1.82) is 0 Å². The third-order valence-corrected chi connectivity index (χ3v) is 4.65. The topological polar surface area (TPSA) is 9.23 Å². The van der Waals surface area contributed by atoms with E-state index in [0.717, 1.165) is 11.7 Å². The molecule has 0 N–H and O–H groups in total. The highest BCUT2D eigenvalue weighted by molar-refractivity contribution is 5.29. The average Bonchev–Trinajstić information content (AvgIpc) is 2.59. The van der Waals surface area contributed by atoms with Crippen LogP contribution in [-0.2, 0) is 13.0 Å². The molecule has 1 nitrogen and oxygen atoms in total. The van der Waals surface area contributed by atoms with Crippen LogP contribution in [0.15, 0.2) is 48.5 Å². The van der Waals surface area contributed by atoms with E-state index in [0.29, 0.717) is 12.5 Å². The number of hydrogen-bond donors (Lipinski definition) is 0. The summed E-state index contributed by atoms with van der Waals surface area (Å²) in [6.07, 6.45) is 3.67. The Balaban J connectivity index is 1.88. The Morgan fingerprint density at radius 1 is 0.783 bits per heavy atom. The third kappa shape index (κ3) is 5.42. The van der Waals surface area contributed by atoms with Gasteiger partial charge in [-0.05, 0) is 47.1 Å². The number of rotatable bonds is 8. The molecule has 0 fully saturated rings. The fourth-order valence-corrected chi connectivity index (χ4v) is 2.80. The summed E-state index contributed by atoms with van der Waals surface area (Å²) in [5.74, 6) is 2.32. The first kappa shape index (κ1) is 17.6. The minimum absolute atomic E-state index is 0.576. The van der Waals surface area contributed by atoms with Gasteiger partial charge in [-0.15, -0.1) is 0 Å². The summed E-state index contributed by atoms with van der Waals surface area (Å²) >= 11 is 0. The van der Waals surface area contributed by atoms with Crippen molar-refractivity contribution in [1.82, 2.24) is 0 Å². The van der Waals surface area contributed by atoms with Crippen molar-refractivity contribution >= 4 is 0 Å². The van der Waals surface area contributed by atoms with E-state index in [2.05, 4.69) is 76.2 Å². The van der Waals surface area contributed by atoms with Crippen molar-refractivity contribution in [3.05, 3.63) is 65.2 Å². The Morgan fingerprint density at radius 2 is 1.35 bits per heavy atom. The SMILES string of the molecule is CCC(CC)Cc1ccc(OCc2ccc(C(C)C)cc2)cc1. The zero-order chi connectivity index (χ0) is 16.7. The summed E-state index contributed by atoms with van der Waals surface area (Å²) in [5.41, 5.74) is 4.00. The first-order chi connectivity index (χ1) is 11.1. The van der Waals surface area contributed by atoms with Gasteiger partial charge in [-0.1, -0.05) is 76.9 Å². The van der Waals surface area contributed by atoms with Gasteiger partial charge in [-0.3, -0.25) is 0 Å². The number of hydrogen-bond acceptors (Lipinski definition) is 1. The summed E-state index contributed by atoms with van der Waals surface area (Å²) < 4.78 is 5.91. The molecule has 0 aromatic heterocycles. The molecule has 0 bridgehead atoms. The van der Waals surface area contributed by atoms with Crippen LogP contribution in [0.3, 0.4) is 0 Å². The second kappa shape index (κ2) is 8.76. The van der Waals surface area contributed by atoms with Crippen molar-refractivity contribution in [3.63, 3.8) is 0 Å². The van der Waals surface area contributed by atoms with E-state index in [4.69, 9.17) is 4.74 Å². The van der Waals surface area contributed by atoms with Gasteiger partial charge in [0.15, 0.2) is 0 Å². The largest absolute Gasteiger partial charge is 0.489 e. The zero-order valence-electron chi connectivity index (χ0n) is 15.0. The Morgan fingerprint density at radius 3 is 1.87 bits per heavy atom. The monoisotopic (exact) mass is 310 g/mol. The van der Waals surface area contributed by atoms with E-state index in [-0.39, 0.29) is 0 Å². The van der Waals surface area contributed by atoms with Gasteiger partial charge < -0.3 is 4.74 Å². The van der Waals surface area contributed by atoms with E-state index >= 15 is 0 Å². The van der Waals surface area contributed by atoms with Crippen molar-refractivity contribution in [2.24, 2.45) is 5.92 Å². The van der Waals surface area contributed by atoms with Crippen LogP contribution >= 0.6 is 0 Å². The molecule has 0 spiro atoms. The van der Waals surface area contributed by atoms with E-state index in [1.54, 1.807) is 0 Å². The molecule has 0 radical (unpaired) electrons. The third-order valence-electron chi connectivity index (χ3n) is 4.65. The molecule has 0 aliphatic rings. The Hall–Kier alpha value is -1.76. The van der Waals surface area contributed by atoms with Crippen LogP contribution in [0.1, 0.15) is 63.1 Å². The Kier molecular flexibility index (Phi) is 6.70. The van der Waals surface area contributed by atoms with E-state index < -0.39 is 0 Å². The van der Waals surface area contributed by atoms with Gasteiger partial charge in [0.1, 0.15) is 12.4 Å². The minimum atomic E-state index is 0.576. The number of benzene rings is 2. The molecule has 124 valence electrons. The molecule has 0 saturated heterocycles. The zero-order valence-corrected chi connectivity index (χ0v) is 15.0. The van der Waals surface area contributed by atoms with Gasteiger partial charge in [0.2, 0.25) is 0 Å². The fourth-order valence-electron chi connectivity index (χ4n) is 2.80. The molecule has 2 aromatic rings. The molecule has 0 atom stereocenters. The lowest BCUT2D eigenvalue weighted by Gasteiger charge is -2.13. The molecule has 1 heteroatoms. The maximum Gasteiger partial charge on any atom is 0.119 e. The Bertz CT molecular complexity index is 562. The smallest absolute Gasteiger partial charge is 0.119 e. The number of ether oxygens (including phenoxy) is 1. The summed E-state index contributed by atoms with van der Waals surface area (Å²) in [7, 11) is 0. The van der Waals surface area contributed by atoms with Crippen LogP contribution < -0.4 is 4.74 Å². The highest BCUT2D eigenvalue weighted by atomic mass is 16.5. The quantitative estimate of drug-likeness (QED) is 0.550. The van der Waals surface area contributed by atoms with Crippen LogP contribution in [0.25, 0.3) is 0 Å². The molecule has 2 aromatic carbocycles. The van der Waals surface area contributed by atoms with Gasteiger partial charge in [0.25, 0.3) is 0 Å². The standard InChI is InChI=1S/C22H30O/c1-5-18(6-2)15-19-9-13-22(14-10-19)23-16-20-7-11-21(12-8-20)17(3)4/h7-14,17-18H,5-6,15-16H2,1-4H3. The van der Waals surface area contributed by atoms with Crippen LogP contribution in [-0.4, -0.2) is 0 Å². The maximum absolute atomic E-state index is 5.91. The second-order valence-corrected chi connectivity index (χ2v) is 6.72. The highest BCUT2D eigenvalue weighted by Crippen LogP contribution is 2.20. The maximum atomic E-state index is 5.91. The van der Waals surface area contributed by atoms with Crippen LogP contribution in [0, 0.1) is 5.92 Å². The van der Waals surface area contributed by atoms with Crippen molar-refractivity contribution < 1.29 is 4.74 Å². The lowest BCUT2D eigenvalue weighted by molar-refractivity contribution is 0.306. The van der Waals surface area contributed by atoms with Crippen molar-refractivity contribution in [2.75, 3.05) is 0 Å². The predicted molar refractivity (Wildman–Crippen MR) is 99.1 cm³/mol. The predicted octanol–water partition coefficient (Wildman–Crippen LogP) is 6.37. The van der Waals surface area contributed by atoms with Gasteiger partial charge in [0, 0.05) is 0 Å². The average molecular weight is 310 g/mol. The minimum Gasteiger partial charge on any atom is -0.489 e. The highest BCUT2D eigenvalue weighted by Gasteiger charge is 2.05. The van der Waals surface area contributed by atoms with E-state index in [1.807, 2.05) is 0 Å². The normalized spacial score (nSPS) is 11.2. The van der Waals surface area contributed by atoms with E-state index in [9.17, 15) is 0 Å². The molecule has 0 saturated carbocycles. The molecule has 23 heavy (non-hydrogen) atoms. The molecule has 0 aliphatic heterocycles. The molecular weight excluding hydrogens is 280 g/mol. The van der Waals surface area contributed by atoms with E-state index in [1.165, 1.54) is 36.0 Å². The summed E-state index contributed by atoms with van der Waals surface area (Å²) in [6, 6.07) is 17.3. The van der Waals surface area contributed by atoms with Crippen LogP contribution in [0.5, 0.6) is 5.75 Å². The first-order valence-corrected chi connectivity index (χ1v) is 8.92.